The first-order valence-corrected chi connectivity index (χ1v) is 4.13. The molecule has 0 saturated heterocycles. The molecule has 0 aliphatic heterocycles. The van der Waals surface area contributed by atoms with E-state index in [1.165, 1.54) is 6.20 Å². The van der Waals surface area contributed by atoms with Gasteiger partial charge in [-0.05, 0) is 6.92 Å². The van der Waals surface area contributed by atoms with Crippen molar-refractivity contribution in [3.8, 4) is 0 Å². The summed E-state index contributed by atoms with van der Waals surface area (Å²) in [6, 6.07) is -0.674. The minimum absolute atomic E-state index is 0.0944. The fourth-order valence-electron chi connectivity index (χ4n) is 0.909. The third-order valence-corrected chi connectivity index (χ3v) is 1.73. The van der Waals surface area contributed by atoms with Gasteiger partial charge in [0.25, 0.3) is 5.91 Å². The van der Waals surface area contributed by atoms with Gasteiger partial charge in [-0.1, -0.05) is 5.16 Å². The summed E-state index contributed by atoms with van der Waals surface area (Å²) in [6.07, 6.45) is 1.42. The van der Waals surface area contributed by atoms with Crippen molar-refractivity contribution >= 4 is 5.91 Å². The predicted molar refractivity (Wildman–Crippen MR) is 46.7 cm³/mol. The van der Waals surface area contributed by atoms with Crippen LogP contribution in [0.2, 0.25) is 0 Å². The Morgan fingerprint density at radius 1 is 1.64 bits per heavy atom. The number of hydrogen-bond donors (Lipinski definition) is 3. The number of aliphatic hydroxyl groups is 2. The minimum Gasteiger partial charge on any atom is -0.394 e. The average Bonchev–Trinajstić information content (AvgIpc) is 2.60. The van der Waals surface area contributed by atoms with E-state index in [1.807, 2.05) is 0 Å². The molecule has 6 heteroatoms. The second kappa shape index (κ2) is 4.73. The molecule has 1 rings (SSSR count). The summed E-state index contributed by atoms with van der Waals surface area (Å²) in [5, 5.41) is 23.3. The molecule has 0 fully saturated rings. The van der Waals surface area contributed by atoms with Crippen LogP contribution in [-0.4, -0.2) is 40.5 Å². The number of carbonyl (C=O) groups is 1. The van der Waals surface area contributed by atoms with Crippen LogP contribution in [0.4, 0.5) is 0 Å². The fraction of sp³-hybridized carbons (Fsp3) is 0.500. The SMILES string of the molecule is Cc1cnoc1C(=O)NC(CO)CO. The molecule has 0 unspecified atom stereocenters. The van der Waals surface area contributed by atoms with E-state index in [4.69, 9.17) is 14.7 Å². The maximum atomic E-state index is 11.4. The minimum atomic E-state index is -0.674. The van der Waals surface area contributed by atoms with Crippen molar-refractivity contribution in [1.82, 2.24) is 10.5 Å². The van der Waals surface area contributed by atoms with Crippen molar-refractivity contribution in [2.24, 2.45) is 0 Å². The summed E-state index contributed by atoms with van der Waals surface area (Å²) < 4.78 is 4.69. The molecule has 3 N–H and O–H groups in total. The van der Waals surface area contributed by atoms with Gasteiger partial charge in [-0.15, -0.1) is 0 Å². The molecule has 0 aliphatic rings. The van der Waals surface area contributed by atoms with E-state index < -0.39 is 11.9 Å². The lowest BCUT2D eigenvalue weighted by atomic mass is 10.2. The molecule has 0 radical (unpaired) electrons. The van der Waals surface area contributed by atoms with Crippen LogP contribution in [0.3, 0.4) is 0 Å². The number of hydrogen-bond acceptors (Lipinski definition) is 5. The van der Waals surface area contributed by atoms with Crippen molar-refractivity contribution in [1.29, 1.82) is 0 Å². The van der Waals surface area contributed by atoms with E-state index in [1.54, 1.807) is 6.92 Å². The fourth-order valence-corrected chi connectivity index (χ4v) is 0.909. The van der Waals surface area contributed by atoms with Crippen LogP contribution in [0.1, 0.15) is 16.1 Å². The highest BCUT2D eigenvalue weighted by Crippen LogP contribution is 2.05. The van der Waals surface area contributed by atoms with Crippen LogP contribution in [0.15, 0.2) is 10.7 Å². The monoisotopic (exact) mass is 200 g/mol. The molecule has 0 saturated carbocycles. The third kappa shape index (κ3) is 2.30. The summed E-state index contributed by atoms with van der Waals surface area (Å²) in [5.74, 6) is -0.398. The number of aryl methyl sites for hydroxylation is 1. The van der Waals surface area contributed by atoms with Crippen LogP contribution >= 0.6 is 0 Å². The third-order valence-electron chi connectivity index (χ3n) is 1.73. The van der Waals surface area contributed by atoms with Gasteiger partial charge >= 0.3 is 0 Å². The molecule has 78 valence electrons. The predicted octanol–water partition coefficient (Wildman–Crippen LogP) is -0.934. The van der Waals surface area contributed by atoms with Crippen molar-refractivity contribution in [3.63, 3.8) is 0 Å². The molecule has 0 aliphatic carbocycles. The van der Waals surface area contributed by atoms with E-state index in [2.05, 4.69) is 10.5 Å². The number of aromatic nitrogens is 1. The number of rotatable bonds is 4. The van der Waals surface area contributed by atoms with Gasteiger partial charge in [0, 0.05) is 5.56 Å². The van der Waals surface area contributed by atoms with Crippen molar-refractivity contribution < 1.29 is 19.5 Å². The molecule has 1 heterocycles. The quantitative estimate of drug-likeness (QED) is 0.583. The summed E-state index contributed by atoms with van der Waals surface area (Å²) >= 11 is 0. The average molecular weight is 200 g/mol. The van der Waals surface area contributed by atoms with Gasteiger partial charge in [0.2, 0.25) is 5.76 Å². The van der Waals surface area contributed by atoms with E-state index in [0.29, 0.717) is 5.56 Å². The van der Waals surface area contributed by atoms with E-state index in [-0.39, 0.29) is 19.0 Å². The maximum absolute atomic E-state index is 11.4. The molecular formula is C8H12N2O4. The Morgan fingerprint density at radius 3 is 2.71 bits per heavy atom. The summed E-state index contributed by atoms with van der Waals surface area (Å²) in [4.78, 5) is 11.4. The Morgan fingerprint density at radius 2 is 2.29 bits per heavy atom. The van der Waals surface area contributed by atoms with Crippen molar-refractivity contribution in [3.05, 3.63) is 17.5 Å². The first kappa shape index (κ1) is 10.7. The Balaban J connectivity index is 2.63. The van der Waals surface area contributed by atoms with Crippen LogP contribution in [-0.2, 0) is 0 Å². The zero-order chi connectivity index (χ0) is 10.6. The van der Waals surface area contributed by atoms with E-state index in [9.17, 15) is 4.79 Å². The highest BCUT2D eigenvalue weighted by molar-refractivity contribution is 5.92. The molecule has 0 aromatic carbocycles. The number of nitrogens with zero attached hydrogens (tertiary/aromatic N) is 1. The van der Waals surface area contributed by atoms with Gasteiger partial charge in [0.1, 0.15) is 0 Å². The van der Waals surface area contributed by atoms with Gasteiger partial charge in [0.15, 0.2) is 0 Å². The lowest BCUT2D eigenvalue weighted by molar-refractivity contribution is 0.0842. The molecule has 0 spiro atoms. The lowest BCUT2D eigenvalue weighted by Crippen LogP contribution is -2.40. The van der Waals surface area contributed by atoms with Crippen molar-refractivity contribution in [2.75, 3.05) is 13.2 Å². The Bertz CT molecular complexity index is 306. The highest BCUT2D eigenvalue weighted by atomic mass is 16.5. The Kier molecular flexibility index (Phi) is 3.61. The highest BCUT2D eigenvalue weighted by Gasteiger charge is 2.17. The first-order valence-electron chi connectivity index (χ1n) is 4.13. The van der Waals surface area contributed by atoms with E-state index >= 15 is 0 Å². The van der Waals surface area contributed by atoms with Gasteiger partial charge in [-0.25, -0.2) is 0 Å². The lowest BCUT2D eigenvalue weighted by Gasteiger charge is -2.11. The van der Waals surface area contributed by atoms with Crippen LogP contribution in [0.25, 0.3) is 0 Å². The van der Waals surface area contributed by atoms with Crippen LogP contribution < -0.4 is 5.32 Å². The standard InChI is InChI=1S/C8H12N2O4/c1-5-2-9-14-7(5)8(13)10-6(3-11)4-12/h2,6,11-12H,3-4H2,1H3,(H,10,13). The van der Waals surface area contributed by atoms with E-state index in [0.717, 1.165) is 0 Å². The summed E-state index contributed by atoms with van der Waals surface area (Å²) in [7, 11) is 0. The second-order valence-electron chi connectivity index (χ2n) is 2.87. The first-order chi connectivity index (χ1) is 6.69. The zero-order valence-corrected chi connectivity index (χ0v) is 7.73. The molecule has 1 aromatic rings. The molecule has 0 atom stereocenters. The normalized spacial score (nSPS) is 10.6. The number of aliphatic hydroxyl groups excluding tert-OH is 2. The topological polar surface area (TPSA) is 95.6 Å². The zero-order valence-electron chi connectivity index (χ0n) is 7.73. The molecule has 1 aromatic heterocycles. The number of carbonyl (C=O) groups excluding carboxylic acids is 1. The second-order valence-corrected chi connectivity index (χ2v) is 2.87. The van der Waals surface area contributed by atoms with Crippen LogP contribution in [0, 0.1) is 6.92 Å². The maximum Gasteiger partial charge on any atom is 0.290 e. The molecule has 14 heavy (non-hydrogen) atoms. The van der Waals surface area contributed by atoms with Gasteiger partial charge < -0.3 is 20.1 Å². The summed E-state index contributed by atoms with van der Waals surface area (Å²) in [6.45, 7) is 1.03. The number of amides is 1. The smallest absolute Gasteiger partial charge is 0.290 e. The molecule has 6 nitrogen and oxygen atoms in total. The van der Waals surface area contributed by atoms with Crippen LogP contribution in [0.5, 0.6) is 0 Å². The van der Waals surface area contributed by atoms with Gasteiger partial charge in [0.05, 0.1) is 25.5 Å². The Labute approximate surface area is 80.5 Å². The molecule has 0 bridgehead atoms. The van der Waals surface area contributed by atoms with Gasteiger partial charge in [-0.3, -0.25) is 4.79 Å². The molecular weight excluding hydrogens is 188 g/mol. The van der Waals surface area contributed by atoms with Gasteiger partial charge in [-0.2, -0.15) is 0 Å². The van der Waals surface area contributed by atoms with Crippen molar-refractivity contribution in [2.45, 2.75) is 13.0 Å². The molecule has 1 amide bonds. The largest absolute Gasteiger partial charge is 0.394 e. The number of nitrogens with one attached hydrogen (secondary N) is 1. The Hall–Kier alpha value is -1.40. The summed E-state index contributed by atoms with van der Waals surface area (Å²) in [5.41, 5.74) is 0.608.